The lowest BCUT2D eigenvalue weighted by atomic mass is 9.83. The first kappa shape index (κ1) is 28.4. The third-order valence-corrected chi connectivity index (χ3v) is 6.50. The maximum atomic E-state index is 12.9. The van der Waals surface area contributed by atoms with Crippen LogP contribution in [0.1, 0.15) is 43.3 Å². The number of aliphatic hydroxyl groups excluding tert-OH is 2. The van der Waals surface area contributed by atoms with Crippen LogP contribution in [0.25, 0.3) is 0 Å². The molecule has 3 rings (SSSR count). The van der Waals surface area contributed by atoms with Crippen LogP contribution < -0.4 is 10.6 Å². The molecular weight excluding hydrogens is 529 g/mol. The summed E-state index contributed by atoms with van der Waals surface area (Å²) in [4.78, 5) is 50.4. The van der Waals surface area contributed by atoms with Crippen molar-refractivity contribution >= 4 is 47.0 Å². The number of carbonyl (C=O) groups is 4. The molecule has 2 aromatic carbocycles. The van der Waals surface area contributed by atoms with E-state index in [0.717, 1.165) is 11.1 Å². The minimum atomic E-state index is -1.58. The van der Waals surface area contributed by atoms with Gasteiger partial charge in [-0.3, -0.25) is 9.59 Å². The van der Waals surface area contributed by atoms with Crippen molar-refractivity contribution < 1.29 is 39.6 Å². The predicted octanol–water partition coefficient (Wildman–Crippen LogP) is 0.921. The number of carboxylic acids is 2. The molecule has 0 fully saturated rings. The van der Waals surface area contributed by atoms with Crippen molar-refractivity contribution in [3.8, 4) is 0 Å². The van der Waals surface area contributed by atoms with E-state index in [2.05, 4.69) is 10.6 Å². The van der Waals surface area contributed by atoms with Gasteiger partial charge in [-0.05, 0) is 54.1 Å². The summed E-state index contributed by atoms with van der Waals surface area (Å²) in [5, 5.41) is 42.2. The van der Waals surface area contributed by atoms with Crippen LogP contribution in [0.4, 0.5) is 0 Å². The SMILES string of the molecule is CN1Cc2c(Cl)cc(Cl)cc2C(c2cc(C(=O)N[C@@H](CO)C(=O)O)cc(C(=O)N[C@@H](CO)C(=O)O)c2)C1. The zero-order valence-corrected chi connectivity index (χ0v) is 21.1. The fourth-order valence-corrected chi connectivity index (χ4v) is 4.67. The van der Waals surface area contributed by atoms with E-state index >= 15 is 0 Å². The Labute approximate surface area is 221 Å². The molecule has 198 valence electrons. The van der Waals surface area contributed by atoms with Gasteiger partial charge in [-0.25, -0.2) is 9.59 Å². The van der Waals surface area contributed by atoms with Gasteiger partial charge in [0.25, 0.3) is 11.8 Å². The second-order valence-electron chi connectivity index (χ2n) is 8.64. The highest BCUT2D eigenvalue weighted by atomic mass is 35.5. The molecule has 0 aromatic heterocycles. The number of hydrogen-bond donors (Lipinski definition) is 6. The predicted molar refractivity (Wildman–Crippen MR) is 133 cm³/mol. The Bertz CT molecular complexity index is 1180. The van der Waals surface area contributed by atoms with Crippen molar-refractivity contribution in [1.29, 1.82) is 0 Å². The number of halogens is 2. The van der Waals surface area contributed by atoms with E-state index in [1.807, 2.05) is 11.9 Å². The summed E-state index contributed by atoms with van der Waals surface area (Å²) >= 11 is 12.7. The number of rotatable bonds is 9. The van der Waals surface area contributed by atoms with Gasteiger partial charge in [-0.1, -0.05) is 23.2 Å². The van der Waals surface area contributed by atoms with E-state index in [0.29, 0.717) is 28.7 Å². The van der Waals surface area contributed by atoms with Gasteiger partial charge in [0.05, 0.1) is 13.2 Å². The van der Waals surface area contributed by atoms with E-state index in [1.54, 1.807) is 12.1 Å². The molecule has 1 unspecified atom stereocenters. The number of carbonyl (C=O) groups excluding carboxylic acids is 2. The molecule has 0 spiro atoms. The smallest absolute Gasteiger partial charge is 0.328 e. The van der Waals surface area contributed by atoms with E-state index in [9.17, 15) is 39.6 Å². The summed E-state index contributed by atoms with van der Waals surface area (Å²) in [6, 6.07) is 4.31. The number of hydrogen-bond acceptors (Lipinski definition) is 7. The fraction of sp³-hybridized carbons (Fsp3) is 0.333. The zero-order valence-electron chi connectivity index (χ0n) is 19.6. The largest absolute Gasteiger partial charge is 0.480 e. The number of nitrogens with zero attached hydrogens (tertiary/aromatic N) is 1. The van der Waals surface area contributed by atoms with Crippen LogP contribution in [0.3, 0.4) is 0 Å². The lowest BCUT2D eigenvalue weighted by Gasteiger charge is -2.33. The summed E-state index contributed by atoms with van der Waals surface area (Å²) in [6.07, 6.45) is 0. The maximum absolute atomic E-state index is 12.9. The van der Waals surface area contributed by atoms with E-state index in [1.165, 1.54) is 18.2 Å². The number of likely N-dealkylation sites (N-methyl/N-ethyl adjacent to an activating group) is 1. The number of nitrogens with one attached hydrogen (secondary N) is 2. The molecule has 1 heterocycles. The average Bonchev–Trinajstić information content (AvgIpc) is 2.84. The van der Waals surface area contributed by atoms with Gasteiger partial charge >= 0.3 is 11.9 Å². The van der Waals surface area contributed by atoms with Crippen LogP contribution in [0.15, 0.2) is 30.3 Å². The maximum Gasteiger partial charge on any atom is 0.328 e. The second kappa shape index (κ2) is 11.9. The van der Waals surface area contributed by atoms with Gasteiger partial charge in [0.2, 0.25) is 0 Å². The molecule has 0 saturated carbocycles. The standard InChI is InChI=1S/C24H25Cl2N3O8/c1-29-7-16(15-5-14(25)6-18(26)17(15)8-29)11-2-12(21(32)27-19(9-30)23(34)35)4-13(3-11)22(33)28-20(10-31)24(36)37/h2-6,16,19-20,30-31H,7-10H2,1H3,(H,27,32)(H,28,33)(H,34,35)(H,36,37)/t16?,19-,20-/m0/s1. The highest BCUT2D eigenvalue weighted by molar-refractivity contribution is 6.35. The van der Waals surface area contributed by atoms with E-state index in [4.69, 9.17) is 23.2 Å². The lowest BCUT2D eigenvalue weighted by Crippen LogP contribution is -2.44. The number of benzene rings is 2. The summed E-state index contributed by atoms with van der Waals surface area (Å²) in [5.41, 5.74) is 1.87. The molecule has 3 atom stereocenters. The highest BCUT2D eigenvalue weighted by Crippen LogP contribution is 2.39. The Morgan fingerprint density at radius 2 is 1.43 bits per heavy atom. The molecule has 0 bridgehead atoms. The van der Waals surface area contributed by atoms with Crippen molar-refractivity contribution in [2.24, 2.45) is 0 Å². The number of amides is 2. The summed E-state index contributed by atoms with van der Waals surface area (Å²) in [6.45, 7) is -0.729. The van der Waals surface area contributed by atoms with Gasteiger partial charge in [-0.2, -0.15) is 0 Å². The molecule has 13 heteroatoms. The molecule has 11 nitrogen and oxygen atoms in total. The molecule has 1 aliphatic rings. The van der Waals surface area contributed by atoms with Crippen molar-refractivity contribution in [3.63, 3.8) is 0 Å². The monoisotopic (exact) mass is 553 g/mol. The number of carboxylic acid groups (broad SMARTS) is 2. The van der Waals surface area contributed by atoms with Crippen molar-refractivity contribution in [2.75, 3.05) is 26.8 Å². The second-order valence-corrected chi connectivity index (χ2v) is 9.49. The van der Waals surface area contributed by atoms with E-state index < -0.39 is 55.0 Å². The zero-order chi connectivity index (χ0) is 27.4. The molecule has 37 heavy (non-hydrogen) atoms. The topological polar surface area (TPSA) is 176 Å². The molecular formula is C24H25Cl2N3O8. The van der Waals surface area contributed by atoms with Crippen LogP contribution in [-0.4, -0.2) is 88.0 Å². The van der Waals surface area contributed by atoms with Crippen molar-refractivity contribution in [3.05, 3.63) is 68.2 Å². The molecule has 0 aliphatic carbocycles. The van der Waals surface area contributed by atoms with Crippen LogP contribution in [0.5, 0.6) is 0 Å². The van der Waals surface area contributed by atoms with Crippen LogP contribution in [0, 0.1) is 0 Å². The van der Waals surface area contributed by atoms with Crippen molar-refractivity contribution in [2.45, 2.75) is 24.5 Å². The average molecular weight is 554 g/mol. The molecule has 2 aromatic rings. The van der Waals surface area contributed by atoms with Gasteiger partial charge in [0.15, 0.2) is 12.1 Å². The fourth-order valence-electron chi connectivity index (χ4n) is 4.10. The molecule has 1 aliphatic heterocycles. The van der Waals surface area contributed by atoms with Crippen LogP contribution in [-0.2, 0) is 16.1 Å². The quantitative estimate of drug-likeness (QED) is 0.263. The summed E-state index contributed by atoms with van der Waals surface area (Å²) < 4.78 is 0. The highest BCUT2D eigenvalue weighted by Gasteiger charge is 2.30. The third-order valence-electron chi connectivity index (χ3n) is 5.95. The summed E-state index contributed by atoms with van der Waals surface area (Å²) in [5.74, 6) is -5.07. The Hall–Kier alpha value is -3.22. The first-order chi connectivity index (χ1) is 17.4. The van der Waals surface area contributed by atoms with Gasteiger partial charge < -0.3 is 36.0 Å². The summed E-state index contributed by atoms with van der Waals surface area (Å²) in [7, 11) is 1.86. The first-order valence-electron chi connectivity index (χ1n) is 11.1. The molecule has 2 amide bonds. The Morgan fingerprint density at radius 3 is 1.89 bits per heavy atom. The van der Waals surface area contributed by atoms with Gasteiger partial charge in [-0.15, -0.1) is 0 Å². The first-order valence-corrected chi connectivity index (χ1v) is 11.8. The normalized spacial score (nSPS) is 16.8. The van der Waals surface area contributed by atoms with Crippen LogP contribution in [0.2, 0.25) is 10.0 Å². The molecule has 6 N–H and O–H groups in total. The minimum absolute atomic E-state index is 0.0962. The van der Waals surface area contributed by atoms with Gasteiger partial charge in [0.1, 0.15) is 0 Å². The minimum Gasteiger partial charge on any atom is -0.480 e. The molecule has 0 radical (unpaired) electrons. The number of aliphatic carboxylic acids is 2. The third kappa shape index (κ3) is 6.56. The Morgan fingerprint density at radius 1 is 0.919 bits per heavy atom. The Balaban J connectivity index is 2.12. The van der Waals surface area contributed by atoms with E-state index in [-0.39, 0.29) is 11.1 Å². The van der Waals surface area contributed by atoms with Crippen molar-refractivity contribution in [1.82, 2.24) is 15.5 Å². The number of aliphatic hydroxyl groups is 2. The lowest BCUT2D eigenvalue weighted by molar-refractivity contribution is -0.141. The molecule has 0 saturated heterocycles. The number of fused-ring (bicyclic) bond motifs is 1. The Kier molecular flexibility index (Phi) is 9.11. The van der Waals surface area contributed by atoms with Gasteiger partial charge in [0, 0.05) is 40.2 Å². The van der Waals surface area contributed by atoms with Crippen LogP contribution >= 0.6 is 23.2 Å².